The zero-order valence-corrected chi connectivity index (χ0v) is 11.9. The zero-order valence-electron chi connectivity index (χ0n) is 11.9. The molecule has 1 aliphatic heterocycles. The monoisotopic (exact) mass is 266 g/mol. The molecule has 1 N–H and O–H groups in total. The molecular formula is C15H23FN2O. The van der Waals surface area contributed by atoms with Crippen LogP contribution in [0.3, 0.4) is 0 Å². The molecule has 0 aliphatic carbocycles. The maximum Gasteiger partial charge on any atom is 0.146 e. The number of aliphatic hydroxyl groups excluding tert-OH is 1. The molecule has 1 heterocycles. The van der Waals surface area contributed by atoms with Crippen molar-refractivity contribution in [1.82, 2.24) is 4.90 Å². The molecule has 0 amide bonds. The van der Waals surface area contributed by atoms with E-state index in [9.17, 15) is 9.50 Å². The van der Waals surface area contributed by atoms with Crippen LogP contribution in [0.2, 0.25) is 0 Å². The van der Waals surface area contributed by atoms with Gasteiger partial charge in [0.15, 0.2) is 0 Å². The van der Waals surface area contributed by atoms with E-state index < -0.39 is 6.10 Å². The molecule has 3 nitrogen and oxygen atoms in total. The lowest BCUT2D eigenvalue weighted by Gasteiger charge is -2.37. The normalized spacial score (nSPS) is 18.9. The van der Waals surface area contributed by atoms with Crippen molar-refractivity contribution in [2.45, 2.75) is 31.9 Å². The Hall–Kier alpha value is -1.13. The van der Waals surface area contributed by atoms with E-state index in [0.29, 0.717) is 17.3 Å². The molecule has 0 radical (unpaired) electrons. The van der Waals surface area contributed by atoms with Crippen molar-refractivity contribution >= 4 is 5.69 Å². The third kappa shape index (κ3) is 3.07. The Kier molecular flexibility index (Phi) is 4.42. The van der Waals surface area contributed by atoms with Gasteiger partial charge in [-0.2, -0.15) is 0 Å². The van der Waals surface area contributed by atoms with Gasteiger partial charge in [0.1, 0.15) is 5.82 Å². The first-order chi connectivity index (χ1) is 9.00. The quantitative estimate of drug-likeness (QED) is 0.910. The summed E-state index contributed by atoms with van der Waals surface area (Å²) in [6.45, 7) is 3.36. The van der Waals surface area contributed by atoms with Crippen LogP contribution in [0.5, 0.6) is 0 Å². The predicted molar refractivity (Wildman–Crippen MR) is 76.0 cm³/mol. The van der Waals surface area contributed by atoms with Gasteiger partial charge in [0.2, 0.25) is 0 Å². The highest BCUT2D eigenvalue weighted by Gasteiger charge is 2.25. The van der Waals surface area contributed by atoms with Gasteiger partial charge in [-0.05, 0) is 39.9 Å². The van der Waals surface area contributed by atoms with Gasteiger partial charge < -0.3 is 14.9 Å². The molecule has 0 spiro atoms. The topological polar surface area (TPSA) is 26.7 Å². The van der Waals surface area contributed by atoms with Crippen LogP contribution in [0.25, 0.3) is 0 Å². The molecule has 2 rings (SSSR count). The smallest absolute Gasteiger partial charge is 0.146 e. The summed E-state index contributed by atoms with van der Waals surface area (Å²) in [7, 11) is 4.18. The summed E-state index contributed by atoms with van der Waals surface area (Å²) in [5, 5.41) is 9.80. The second-order valence-electron chi connectivity index (χ2n) is 5.54. The molecule has 1 saturated heterocycles. The van der Waals surface area contributed by atoms with Crippen LogP contribution in [-0.2, 0) is 0 Å². The highest BCUT2D eigenvalue weighted by Crippen LogP contribution is 2.31. The summed E-state index contributed by atoms with van der Waals surface area (Å²) in [6, 6.07) is 5.51. The molecule has 0 saturated carbocycles. The Morgan fingerprint density at radius 2 is 1.95 bits per heavy atom. The van der Waals surface area contributed by atoms with Crippen molar-refractivity contribution < 1.29 is 9.50 Å². The Morgan fingerprint density at radius 3 is 2.47 bits per heavy atom. The molecule has 0 aromatic heterocycles. The van der Waals surface area contributed by atoms with E-state index in [-0.39, 0.29) is 5.82 Å². The summed E-state index contributed by atoms with van der Waals surface area (Å²) in [5.41, 5.74) is 1.26. The van der Waals surface area contributed by atoms with E-state index in [1.807, 2.05) is 0 Å². The lowest BCUT2D eigenvalue weighted by Crippen LogP contribution is -2.42. The third-order valence-corrected chi connectivity index (χ3v) is 3.98. The van der Waals surface area contributed by atoms with Crippen molar-refractivity contribution in [2.24, 2.45) is 0 Å². The summed E-state index contributed by atoms with van der Waals surface area (Å²) >= 11 is 0. The van der Waals surface area contributed by atoms with Crippen LogP contribution in [-0.4, -0.2) is 43.2 Å². The third-order valence-electron chi connectivity index (χ3n) is 3.98. The summed E-state index contributed by atoms with van der Waals surface area (Å²) in [5.74, 6) is -0.235. The molecule has 1 aliphatic rings. The fourth-order valence-electron chi connectivity index (χ4n) is 2.81. The minimum atomic E-state index is -0.641. The largest absolute Gasteiger partial charge is 0.389 e. The number of piperidine rings is 1. The predicted octanol–water partition coefficient (Wildman–Crippen LogP) is 2.41. The van der Waals surface area contributed by atoms with Gasteiger partial charge in [-0.3, -0.25) is 0 Å². The van der Waals surface area contributed by atoms with Gasteiger partial charge >= 0.3 is 0 Å². The van der Waals surface area contributed by atoms with Crippen LogP contribution in [0.15, 0.2) is 18.2 Å². The average molecular weight is 266 g/mol. The van der Waals surface area contributed by atoms with Crippen LogP contribution < -0.4 is 4.90 Å². The summed E-state index contributed by atoms with van der Waals surface area (Å²) in [6.07, 6.45) is 1.42. The number of benzene rings is 1. The molecule has 106 valence electrons. The SMILES string of the molecule is C[C@@H](O)c1cccc(F)c1N1CCC(N(C)C)CC1. The molecule has 1 atom stereocenters. The molecule has 1 fully saturated rings. The molecule has 1 aromatic carbocycles. The number of hydrogen-bond acceptors (Lipinski definition) is 3. The maximum atomic E-state index is 14.1. The Balaban J connectivity index is 2.19. The number of hydrogen-bond donors (Lipinski definition) is 1. The Labute approximate surface area is 114 Å². The number of rotatable bonds is 3. The van der Waals surface area contributed by atoms with Crippen molar-refractivity contribution in [3.05, 3.63) is 29.6 Å². The van der Waals surface area contributed by atoms with Crippen LogP contribution in [0, 0.1) is 5.82 Å². The fourth-order valence-corrected chi connectivity index (χ4v) is 2.81. The standard InChI is InChI=1S/C15H23FN2O/c1-11(19)13-5-4-6-14(16)15(13)18-9-7-12(8-10-18)17(2)3/h4-6,11-12,19H,7-10H2,1-3H3/t11-/m1/s1. The lowest BCUT2D eigenvalue weighted by molar-refractivity contribution is 0.198. The van der Waals surface area contributed by atoms with E-state index in [2.05, 4.69) is 23.9 Å². The van der Waals surface area contributed by atoms with Crippen LogP contribution in [0.4, 0.5) is 10.1 Å². The van der Waals surface area contributed by atoms with E-state index in [0.717, 1.165) is 25.9 Å². The first kappa shape index (κ1) is 14.3. The van der Waals surface area contributed by atoms with Gasteiger partial charge in [-0.1, -0.05) is 12.1 Å². The number of anilines is 1. The van der Waals surface area contributed by atoms with Gasteiger partial charge in [-0.15, -0.1) is 0 Å². The van der Waals surface area contributed by atoms with Crippen molar-refractivity contribution in [3.63, 3.8) is 0 Å². The second-order valence-corrected chi connectivity index (χ2v) is 5.54. The first-order valence-electron chi connectivity index (χ1n) is 6.88. The molecule has 19 heavy (non-hydrogen) atoms. The molecular weight excluding hydrogens is 243 g/mol. The van der Waals surface area contributed by atoms with E-state index in [4.69, 9.17) is 0 Å². The summed E-state index contributed by atoms with van der Waals surface area (Å²) < 4.78 is 14.1. The summed E-state index contributed by atoms with van der Waals surface area (Å²) in [4.78, 5) is 4.30. The van der Waals surface area contributed by atoms with Crippen LogP contribution in [0.1, 0.15) is 31.4 Å². The highest BCUT2D eigenvalue weighted by atomic mass is 19.1. The molecule has 0 unspecified atom stereocenters. The second kappa shape index (κ2) is 5.88. The lowest BCUT2D eigenvalue weighted by atomic mass is 10.0. The van der Waals surface area contributed by atoms with Gasteiger partial charge in [0, 0.05) is 24.7 Å². The molecule has 0 bridgehead atoms. The van der Waals surface area contributed by atoms with Gasteiger partial charge in [0.25, 0.3) is 0 Å². The number of nitrogens with zero attached hydrogens (tertiary/aromatic N) is 2. The highest BCUT2D eigenvalue weighted by molar-refractivity contribution is 5.56. The number of para-hydroxylation sites is 1. The van der Waals surface area contributed by atoms with E-state index in [1.54, 1.807) is 19.1 Å². The minimum absolute atomic E-state index is 0.235. The van der Waals surface area contributed by atoms with Crippen molar-refractivity contribution in [1.29, 1.82) is 0 Å². The maximum absolute atomic E-state index is 14.1. The average Bonchev–Trinajstić information content (AvgIpc) is 2.38. The minimum Gasteiger partial charge on any atom is -0.389 e. The number of aliphatic hydroxyl groups is 1. The van der Waals surface area contributed by atoms with E-state index in [1.165, 1.54) is 6.07 Å². The Morgan fingerprint density at radius 1 is 1.32 bits per heavy atom. The van der Waals surface area contributed by atoms with Crippen molar-refractivity contribution in [2.75, 3.05) is 32.1 Å². The van der Waals surface area contributed by atoms with E-state index >= 15 is 0 Å². The number of halogens is 1. The zero-order chi connectivity index (χ0) is 14.0. The first-order valence-corrected chi connectivity index (χ1v) is 6.88. The van der Waals surface area contributed by atoms with Crippen LogP contribution >= 0.6 is 0 Å². The van der Waals surface area contributed by atoms with Crippen molar-refractivity contribution in [3.8, 4) is 0 Å². The fraction of sp³-hybridized carbons (Fsp3) is 0.600. The van der Waals surface area contributed by atoms with Gasteiger partial charge in [-0.25, -0.2) is 4.39 Å². The Bertz CT molecular complexity index is 426. The molecule has 4 heteroatoms. The van der Waals surface area contributed by atoms with Gasteiger partial charge in [0.05, 0.1) is 11.8 Å². The molecule has 1 aromatic rings.